The molecule has 3 aromatic rings. The van der Waals surface area contributed by atoms with Crippen molar-refractivity contribution >= 4 is 23.7 Å². The molecule has 0 bridgehead atoms. The fraction of sp³-hybridized carbons (Fsp3) is 0.333. The van der Waals surface area contributed by atoms with Crippen LogP contribution in [0.1, 0.15) is 62.1 Å². The molecule has 5 heteroatoms. The summed E-state index contributed by atoms with van der Waals surface area (Å²) < 4.78 is 0. The molecule has 0 aliphatic rings. The molecule has 184 valence electrons. The van der Waals surface area contributed by atoms with Gasteiger partial charge in [-0.25, -0.2) is 0 Å². The van der Waals surface area contributed by atoms with E-state index in [1.165, 1.54) is 0 Å². The van der Waals surface area contributed by atoms with Gasteiger partial charge in [0.1, 0.15) is 0 Å². The lowest BCUT2D eigenvalue weighted by molar-refractivity contribution is -0.109. The average molecular weight is 491 g/mol. The molecule has 1 unspecified atom stereocenters. The van der Waals surface area contributed by atoms with Crippen molar-refractivity contribution in [1.82, 2.24) is 5.32 Å². The zero-order chi connectivity index (χ0) is 25.2. The fourth-order valence-electron chi connectivity index (χ4n) is 4.85. The maximum Gasteiger partial charge on any atom is 0.207 e. The Hall–Kier alpha value is -2.95. The second-order valence-corrected chi connectivity index (χ2v) is 9.60. The maximum absolute atomic E-state index is 11.3. The molecule has 0 spiro atoms. The van der Waals surface area contributed by atoms with Crippen LogP contribution in [0.4, 0.5) is 0 Å². The second-order valence-electron chi connectivity index (χ2n) is 9.16. The van der Waals surface area contributed by atoms with Gasteiger partial charge in [-0.05, 0) is 67.3 Å². The highest BCUT2D eigenvalue weighted by atomic mass is 35.5. The van der Waals surface area contributed by atoms with Gasteiger partial charge in [0.05, 0.1) is 5.60 Å². The van der Waals surface area contributed by atoms with Crippen LogP contribution in [0.5, 0.6) is 0 Å². The summed E-state index contributed by atoms with van der Waals surface area (Å²) in [6, 6.07) is 27.9. The summed E-state index contributed by atoms with van der Waals surface area (Å²) in [7, 11) is 0. The van der Waals surface area contributed by atoms with Crippen molar-refractivity contribution in [2.45, 2.75) is 56.5 Å². The molecule has 0 heterocycles. The van der Waals surface area contributed by atoms with E-state index in [4.69, 9.17) is 17.0 Å². The molecule has 3 N–H and O–H groups in total. The molecule has 0 fully saturated rings. The molecule has 0 aliphatic carbocycles. The molecule has 0 aliphatic heterocycles. The molecule has 1 amide bonds. The van der Waals surface area contributed by atoms with Crippen LogP contribution in [-0.2, 0) is 15.8 Å². The Morgan fingerprint density at radius 3 is 1.97 bits per heavy atom. The third-order valence-electron chi connectivity index (χ3n) is 7.03. The third kappa shape index (κ3) is 6.81. The topological polar surface area (TPSA) is 73.2 Å². The monoisotopic (exact) mass is 490 g/mol. The van der Waals surface area contributed by atoms with Crippen LogP contribution in [0.25, 0.3) is 0 Å². The Kier molecular flexibility index (Phi) is 9.64. The first kappa shape index (κ1) is 26.7. The minimum atomic E-state index is -0.970. The van der Waals surface area contributed by atoms with E-state index >= 15 is 0 Å². The smallest absolute Gasteiger partial charge is 0.207 e. The van der Waals surface area contributed by atoms with Gasteiger partial charge in [0.25, 0.3) is 0 Å². The number of carbonyl (C=O) groups is 1. The Morgan fingerprint density at radius 2 is 1.46 bits per heavy atom. The Bertz CT molecular complexity index is 1030. The van der Waals surface area contributed by atoms with E-state index < -0.39 is 5.60 Å². The Balaban J connectivity index is 1.70. The molecule has 4 nitrogen and oxygen atoms in total. The first-order chi connectivity index (χ1) is 16.9. The van der Waals surface area contributed by atoms with Crippen molar-refractivity contribution in [2.75, 3.05) is 6.54 Å². The van der Waals surface area contributed by atoms with Gasteiger partial charge in [0, 0.05) is 22.7 Å². The van der Waals surface area contributed by atoms with Crippen molar-refractivity contribution in [3.05, 3.63) is 107 Å². The van der Waals surface area contributed by atoms with Crippen molar-refractivity contribution in [2.24, 2.45) is 0 Å². The van der Waals surface area contributed by atoms with Gasteiger partial charge in [-0.1, -0.05) is 91.3 Å². The number of halogens is 1. The van der Waals surface area contributed by atoms with Gasteiger partial charge in [-0.15, -0.1) is 0 Å². The average Bonchev–Trinajstić information content (AvgIpc) is 2.90. The number of aliphatic hydroxyl groups is 1. The van der Waals surface area contributed by atoms with Crippen LogP contribution in [-0.4, -0.2) is 23.8 Å². The summed E-state index contributed by atoms with van der Waals surface area (Å²) >= 11 is 6.01. The van der Waals surface area contributed by atoms with E-state index in [-0.39, 0.29) is 5.41 Å². The summed E-state index contributed by atoms with van der Waals surface area (Å²) in [5.74, 6) is 0. The van der Waals surface area contributed by atoms with Gasteiger partial charge in [-0.3, -0.25) is 4.79 Å². The van der Waals surface area contributed by atoms with E-state index in [9.17, 15) is 9.90 Å². The van der Waals surface area contributed by atoms with E-state index in [1.807, 2.05) is 55.5 Å². The summed E-state index contributed by atoms with van der Waals surface area (Å²) in [6.45, 7) is 2.45. The van der Waals surface area contributed by atoms with Crippen molar-refractivity contribution < 1.29 is 9.90 Å². The minimum absolute atomic E-state index is 0.378. The number of amides is 1. The first-order valence-corrected chi connectivity index (χ1v) is 12.6. The lowest BCUT2D eigenvalue weighted by Gasteiger charge is -2.35. The second kappa shape index (κ2) is 12.7. The molecular formula is C30H35ClN2O2. The Labute approximate surface area is 213 Å². The highest BCUT2D eigenvalue weighted by Crippen LogP contribution is 2.37. The quantitative estimate of drug-likeness (QED) is 0.175. The van der Waals surface area contributed by atoms with E-state index in [0.29, 0.717) is 43.0 Å². The summed E-state index contributed by atoms with van der Waals surface area (Å²) in [5, 5.41) is 23.4. The standard InChI is InChI=1S/C30H35ClN2O2/c1-2-30(35,26-15-17-27(31)18-16-26)21-19-28(32)14-9-20-29(22-33-23-34,24-10-5-3-6-11-24)25-12-7-4-8-13-25/h3-8,10-13,15-18,23,32,35H,2,9,14,19-22H2,1H3,(H,33,34). The van der Waals surface area contributed by atoms with Crippen LogP contribution >= 0.6 is 11.6 Å². The molecule has 35 heavy (non-hydrogen) atoms. The van der Waals surface area contributed by atoms with Crippen molar-refractivity contribution in [1.29, 1.82) is 5.41 Å². The molecule has 0 saturated carbocycles. The van der Waals surface area contributed by atoms with Gasteiger partial charge < -0.3 is 15.8 Å². The molecule has 3 aromatic carbocycles. The number of hydrogen-bond donors (Lipinski definition) is 3. The zero-order valence-electron chi connectivity index (χ0n) is 20.3. The molecule has 1 atom stereocenters. The van der Waals surface area contributed by atoms with Crippen LogP contribution in [0.2, 0.25) is 5.02 Å². The molecule has 0 aromatic heterocycles. The van der Waals surface area contributed by atoms with Crippen LogP contribution in [0.15, 0.2) is 84.9 Å². The number of nitrogens with one attached hydrogen (secondary N) is 2. The predicted octanol–water partition coefficient (Wildman–Crippen LogP) is 6.64. The van der Waals surface area contributed by atoms with Gasteiger partial charge in [-0.2, -0.15) is 0 Å². The van der Waals surface area contributed by atoms with Gasteiger partial charge in [0.15, 0.2) is 0 Å². The highest BCUT2D eigenvalue weighted by molar-refractivity contribution is 6.30. The zero-order valence-corrected chi connectivity index (χ0v) is 21.1. The third-order valence-corrected chi connectivity index (χ3v) is 7.28. The summed E-state index contributed by atoms with van der Waals surface area (Å²) in [5.41, 5.74) is 2.42. The number of hydrogen-bond acceptors (Lipinski definition) is 3. The van der Waals surface area contributed by atoms with E-state index in [1.54, 1.807) is 12.1 Å². The lowest BCUT2D eigenvalue weighted by Crippen LogP contribution is -2.39. The molecule has 3 rings (SSSR count). The fourth-order valence-corrected chi connectivity index (χ4v) is 4.98. The Morgan fingerprint density at radius 1 is 0.886 bits per heavy atom. The summed E-state index contributed by atoms with van der Waals surface area (Å²) in [4.78, 5) is 11.3. The van der Waals surface area contributed by atoms with Crippen molar-refractivity contribution in [3.8, 4) is 0 Å². The number of carbonyl (C=O) groups excluding carboxylic acids is 1. The molecular weight excluding hydrogens is 456 g/mol. The summed E-state index contributed by atoms with van der Waals surface area (Å²) in [6.07, 6.45) is 4.59. The normalized spacial score (nSPS) is 13.1. The van der Waals surface area contributed by atoms with E-state index in [2.05, 4.69) is 29.6 Å². The minimum Gasteiger partial charge on any atom is -0.385 e. The van der Waals surface area contributed by atoms with Crippen LogP contribution in [0, 0.1) is 5.41 Å². The molecule has 0 saturated heterocycles. The highest BCUT2D eigenvalue weighted by Gasteiger charge is 2.34. The number of rotatable bonds is 14. The SMILES string of the molecule is CCC(O)(CCC(=N)CCCC(CNC=O)(c1ccccc1)c1ccccc1)c1ccc(Cl)cc1. The first-order valence-electron chi connectivity index (χ1n) is 12.3. The van der Waals surface area contributed by atoms with E-state index in [0.717, 1.165) is 35.9 Å². The van der Waals surface area contributed by atoms with Gasteiger partial charge >= 0.3 is 0 Å². The predicted molar refractivity (Wildman–Crippen MR) is 144 cm³/mol. The van der Waals surface area contributed by atoms with Crippen molar-refractivity contribution in [3.63, 3.8) is 0 Å². The van der Waals surface area contributed by atoms with Gasteiger partial charge in [0.2, 0.25) is 6.41 Å². The number of benzene rings is 3. The van der Waals surface area contributed by atoms with Crippen LogP contribution < -0.4 is 5.32 Å². The maximum atomic E-state index is 11.3. The largest absolute Gasteiger partial charge is 0.385 e. The molecule has 0 radical (unpaired) electrons. The van der Waals surface area contributed by atoms with Crippen LogP contribution in [0.3, 0.4) is 0 Å². The lowest BCUT2D eigenvalue weighted by atomic mass is 9.70.